The lowest BCUT2D eigenvalue weighted by molar-refractivity contribution is 0.618. The lowest BCUT2D eigenvalue weighted by Gasteiger charge is -2.23. The first-order valence-electron chi connectivity index (χ1n) is 15.2. The van der Waals surface area contributed by atoms with E-state index in [0.717, 1.165) is 6.42 Å². The molecule has 0 N–H and O–H groups in total. The molecule has 0 heteroatoms. The summed E-state index contributed by atoms with van der Waals surface area (Å²) in [6.45, 7) is 4.45. The summed E-state index contributed by atoms with van der Waals surface area (Å²) in [7, 11) is 0. The fraction of sp³-hybridized carbons (Fsp3) is 0.171. The molecule has 2 atom stereocenters. The second-order valence-electron chi connectivity index (χ2n) is 12.4. The van der Waals surface area contributed by atoms with Crippen LogP contribution in [0.4, 0.5) is 0 Å². The predicted octanol–water partition coefficient (Wildman–Crippen LogP) is 11.4. The molecule has 0 aromatic heterocycles. The smallest absolute Gasteiger partial charge is 0.00588 e. The number of fused-ring (bicyclic) bond motifs is 8. The number of rotatable bonds is 3. The lowest BCUT2D eigenvalue weighted by Crippen LogP contribution is -2.10. The highest BCUT2D eigenvalue weighted by atomic mass is 14.3. The molecule has 41 heavy (non-hydrogen) atoms. The Morgan fingerprint density at radius 3 is 2.07 bits per heavy atom. The van der Waals surface area contributed by atoms with Crippen LogP contribution in [0.5, 0.6) is 0 Å². The fourth-order valence-corrected chi connectivity index (χ4v) is 7.96. The first-order chi connectivity index (χ1) is 20.2. The first kappa shape index (κ1) is 23.3. The van der Waals surface area contributed by atoms with Crippen LogP contribution in [0.15, 0.2) is 109 Å². The van der Waals surface area contributed by atoms with Gasteiger partial charge in [-0.1, -0.05) is 116 Å². The second-order valence-corrected chi connectivity index (χ2v) is 12.4. The van der Waals surface area contributed by atoms with Crippen molar-refractivity contribution in [2.45, 2.75) is 33.1 Å². The molecule has 0 heterocycles. The van der Waals surface area contributed by atoms with E-state index in [1.54, 1.807) is 0 Å². The highest BCUT2D eigenvalue weighted by Gasteiger charge is 2.27. The van der Waals surface area contributed by atoms with Crippen LogP contribution >= 0.6 is 0 Å². The van der Waals surface area contributed by atoms with Gasteiger partial charge in [0.25, 0.3) is 0 Å². The van der Waals surface area contributed by atoms with Crippen LogP contribution in [0.1, 0.15) is 36.5 Å². The van der Waals surface area contributed by atoms with E-state index in [1.807, 2.05) is 0 Å². The maximum atomic E-state index is 2.50. The van der Waals surface area contributed by atoms with E-state index >= 15 is 0 Å². The van der Waals surface area contributed by atoms with Crippen LogP contribution in [-0.2, 0) is 6.42 Å². The van der Waals surface area contributed by atoms with Crippen LogP contribution in [0, 0.1) is 18.8 Å². The highest BCUT2D eigenvalue weighted by Crippen LogP contribution is 2.51. The number of hydrogen-bond donors (Lipinski definition) is 0. The van der Waals surface area contributed by atoms with Crippen molar-refractivity contribution in [2.75, 3.05) is 0 Å². The lowest BCUT2D eigenvalue weighted by atomic mass is 9.82. The molecule has 196 valence electrons. The summed E-state index contributed by atoms with van der Waals surface area (Å²) in [4.78, 5) is 0. The monoisotopic (exact) mass is 524 g/mol. The van der Waals surface area contributed by atoms with Gasteiger partial charge in [0.05, 0.1) is 0 Å². The summed E-state index contributed by atoms with van der Waals surface area (Å²) in [6, 6.07) is 30.0. The summed E-state index contributed by atoms with van der Waals surface area (Å²) >= 11 is 0. The Labute approximate surface area is 241 Å². The number of hydrogen-bond acceptors (Lipinski definition) is 0. The van der Waals surface area contributed by atoms with Crippen LogP contribution in [0.3, 0.4) is 0 Å². The van der Waals surface area contributed by atoms with Crippen LogP contribution in [0.2, 0.25) is 0 Å². The van der Waals surface area contributed by atoms with Gasteiger partial charge >= 0.3 is 0 Å². The van der Waals surface area contributed by atoms with Crippen molar-refractivity contribution in [1.82, 2.24) is 0 Å². The third-order valence-corrected chi connectivity index (χ3v) is 10.1. The van der Waals surface area contributed by atoms with Gasteiger partial charge in [-0.25, -0.2) is 0 Å². The van der Waals surface area contributed by atoms with Gasteiger partial charge in [0.15, 0.2) is 0 Å². The normalized spacial score (nSPS) is 18.8. The minimum atomic E-state index is 0.461. The predicted molar refractivity (Wildman–Crippen MR) is 178 cm³/mol. The molecule has 2 aliphatic rings. The summed E-state index contributed by atoms with van der Waals surface area (Å²) in [5.41, 5.74) is 8.33. The third kappa shape index (κ3) is 3.22. The van der Waals surface area contributed by atoms with Crippen molar-refractivity contribution in [3.8, 4) is 11.1 Å². The van der Waals surface area contributed by atoms with Crippen molar-refractivity contribution >= 4 is 59.9 Å². The van der Waals surface area contributed by atoms with Crippen LogP contribution in [0.25, 0.3) is 71.1 Å². The van der Waals surface area contributed by atoms with Crippen molar-refractivity contribution in [2.24, 2.45) is 11.8 Å². The molecule has 0 saturated heterocycles. The Morgan fingerprint density at radius 2 is 1.32 bits per heavy atom. The zero-order valence-electron chi connectivity index (χ0n) is 23.7. The van der Waals surface area contributed by atoms with Gasteiger partial charge in [0.1, 0.15) is 0 Å². The second kappa shape index (κ2) is 8.54. The van der Waals surface area contributed by atoms with Crippen molar-refractivity contribution in [3.63, 3.8) is 0 Å². The molecule has 0 amide bonds. The molecule has 7 aromatic rings. The Balaban J connectivity index is 1.30. The minimum Gasteiger partial charge on any atom is -0.0808 e. The molecular formula is C41H32. The van der Waals surface area contributed by atoms with E-state index in [-0.39, 0.29) is 0 Å². The largest absolute Gasteiger partial charge is 0.0808 e. The van der Waals surface area contributed by atoms with Crippen molar-refractivity contribution in [3.05, 3.63) is 125 Å². The van der Waals surface area contributed by atoms with Gasteiger partial charge in [0.2, 0.25) is 0 Å². The van der Waals surface area contributed by atoms with Crippen molar-refractivity contribution in [1.29, 1.82) is 0 Å². The zero-order valence-corrected chi connectivity index (χ0v) is 23.7. The molecule has 2 unspecified atom stereocenters. The Bertz CT molecular complexity index is 2240. The highest BCUT2D eigenvalue weighted by molar-refractivity contribution is 6.44. The molecule has 2 aliphatic carbocycles. The topological polar surface area (TPSA) is 0 Å². The first-order valence-corrected chi connectivity index (χ1v) is 15.2. The molecule has 0 nitrogen and oxygen atoms in total. The standard InChI is InChI=1S/C41H32/c1-3-25-12-16-27(17-13-25)29-19-21-33-37(23-29)31-7-5-9-35-39(31)41(33)34-8-4-6-30-36-22-28(26-14-10-24(2)11-15-26)18-20-32(36)40(35)38(30)34/h4-12,14-22,25,29H,3,13,23H2,1-2H3. The van der Waals surface area contributed by atoms with E-state index in [4.69, 9.17) is 0 Å². The Hall–Kier alpha value is -4.42. The molecular weight excluding hydrogens is 492 g/mol. The SMILES string of the molecule is CCC1C=CC(C2C=Cc3c(c4cccc5c4c3c3cccc4c6cc(-c7ccc(C)cc7)ccc6c5c43)C2)=CC1. The molecule has 0 spiro atoms. The fourth-order valence-electron chi connectivity index (χ4n) is 7.96. The molecule has 0 radical (unpaired) electrons. The zero-order chi connectivity index (χ0) is 27.2. The van der Waals surface area contributed by atoms with Crippen LogP contribution < -0.4 is 0 Å². The molecule has 0 fully saturated rings. The molecule has 7 aromatic carbocycles. The number of allylic oxidation sites excluding steroid dienone is 5. The summed E-state index contributed by atoms with van der Waals surface area (Å²) in [5.74, 6) is 1.16. The van der Waals surface area contributed by atoms with Gasteiger partial charge in [-0.15, -0.1) is 0 Å². The average Bonchev–Trinajstić information content (AvgIpc) is 3.54. The molecule has 0 aliphatic heterocycles. The molecule has 0 bridgehead atoms. The summed E-state index contributed by atoms with van der Waals surface area (Å²) in [5, 5.41) is 14.1. The minimum absolute atomic E-state index is 0.461. The molecule has 9 rings (SSSR count). The van der Waals surface area contributed by atoms with Gasteiger partial charge in [-0.2, -0.15) is 0 Å². The number of benzene rings is 5. The van der Waals surface area contributed by atoms with E-state index in [0.29, 0.717) is 11.8 Å². The Morgan fingerprint density at radius 1 is 0.634 bits per heavy atom. The van der Waals surface area contributed by atoms with E-state index in [1.165, 1.54) is 100 Å². The third-order valence-electron chi connectivity index (χ3n) is 10.1. The number of aryl methyl sites for hydroxylation is 1. The van der Waals surface area contributed by atoms with Crippen molar-refractivity contribution < 1.29 is 0 Å². The maximum Gasteiger partial charge on any atom is 0.00588 e. The van der Waals surface area contributed by atoms with Gasteiger partial charge < -0.3 is 0 Å². The average molecular weight is 525 g/mol. The van der Waals surface area contributed by atoms with Gasteiger partial charge in [0, 0.05) is 5.92 Å². The summed E-state index contributed by atoms with van der Waals surface area (Å²) in [6.07, 6.45) is 15.7. The Kier molecular flexibility index (Phi) is 4.85. The van der Waals surface area contributed by atoms with Gasteiger partial charge in [-0.05, 0) is 120 Å². The van der Waals surface area contributed by atoms with Gasteiger partial charge in [-0.3, -0.25) is 0 Å². The van der Waals surface area contributed by atoms with E-state index in [2.05, 4.69) is 123 Å². The van der Waals surface area contributed by atoms with Crippen LogP contribution in [-0.4, -0.2) is 0 Å². The summed E-state index contributed by atoms with van der Waals surface area (Å²) < 4.78 is 0. The molecule has 0 saturated carbocycles. The van der Waals surface area contributed by atoms with E-state index < -0.39 is 0 Å². The maximum absolute atomic E-state index is 2.50. The quantitative estimate of drug-likeness (QED) is 0.202. The van der Waals surface area contributed by atoms with E-state index in [9.17, 15) is 0 Å².